The van der Waals surface area contributed by atoms with Gasteiger partial charge in [0.1, 0.15) is 4.88 Å². The molecule has 0 fully saturated rings. The lowest BCUT2D eigenvalue weighted by molar-refractivity contribution is -0.115. The molecule has 0 aliphatic heterocycles. The number of nitrogens with one attached hydrogen (secondary N) is 1. The first kappa shape index (κ1) is 17.1. The van der Waals surface area contributed by atoms with Crippen molar-refractivity contribution < 1.29 is 14.3 Å². The highest BCUT2D eigenvalue weighted by molar-refractivity contribution is 7.17. The Morgan fingerprint density at radius 3 is 2.61 bits per heavy atom. The van der Waals surface area contributed by atoms with Crippen LogP contribution in [0.15, 0.2) is 30.3 Å². The Balaban J connectivity index is 1.97. The van der Waals surface area contributed by atoms with E-state index in [4.69, 9.17) is 4.74 Å². The van der Waals surface area contributed by atoms with E-state index in [0.29, 0.717) is 22.3 Å². The first-order valence-electron chi connectivity index (χ1n) is 7.44. The van der Waals surface area contributed by atoms with Gasteiger partial charge in [-0.1, -0.05) is 55.5 Å². The van der Waals surface area contributed by atoms with Gasteiger partial charge in [-0.05, 0) is 18.4 Å². The van der Waals surface area contributed by atoms with Gasteiger partial charge in [0, 0.05) is 0 Å². The zero-order valence-electron chi connectivity index (χ0n) is 13.5. The average molecular weight is 332 g/mol. The number of ether oxygens (including phenoxy) is 1. The molecule has 122 valence electrons. The van der Waals surface area contributed by atoms with E-state index >= 15 is 0 Å². The number of amides is 1. The van der Waals surface area contributed by atoms with Crippen molar-refractivity contribution in [3.8, 4) is 0 Å². The number of carbonyl (C=O) groups is 2. The van der Waals surface area contributed by atoms with Crippen molar-refractivity contribution in [3.63, 3.8) is 0 Å². The maximum absolute atomic E-state index is 12.0. The van der Waals surface area contributed by atoms with E-state index in [1.165, 1.54) is 0 Å². The van der Waals surface area contributed by atoms with Crippen molar-refractivity contribution >= 4 is 28.3 Å². The van der Waals surface area contributed by atoms with Crippen LogP contribution in [0.1, 0.15) is 34.8 Å². The number of hydrogen-bond acceptors (Lipinski definition) is 5. The van der Waals surface area contributed by atoms with Gasteiger partial charge in [-0.2, -0.15) is 0 Å². The predicted octanol–water partition coefficient (Wildman–Crippen LogP) is 3.45. The number of rotatable bonds is 6. The molecule has 1 aromatic carbocycles. The molecule has 2 rings (SSSR count). The van der Waals surface area contributed by atoms with Crippen LogP contribution in [0.25, 0.3) is 0 Å². The Morgan fingerprint density at radius 2 is 1.96 bits per heavy atom. The molecule has 6 heteroatoms. The summed E-state index contributed by atoms with van der Waals surface area (Å²) in [6.07, 6.45) is 0.270. The average Bonchev–Trinajstić information content (AvgIpc) is 2.86. The second kappa shape index (κ2) is 7.87. The van der Waals surface area contributed by atoms with Gasteiger partial charge in [0.05, 0.1) is 18.7 Å². The van der Waals surface area contributed by atoms with E-state index in [9.17, 15) is 9.59 Å². The van der Waals surface area contributed by atoms with Gasteiger partial charge in [0.15, 0.2) is 5.13 Å². The second-order valence-electron chi connectivity index (χ2n) is 5.64. The first-order chi connectivity index (χ1) is 11.0. The highest BCUT2D eigenvalue weighted by Crippen LogP contribution is 2.23. The van der Waals surface area contributed by atoms with E-state index in [0.717, 1.165) is 16.9 Å². The van der Waals surface area contributed by atoms with Crippen molar-refractivity contribution in [1.29, 1.82) is 0 Å². The van der Waals surface area contributed by atoms with Crippen LogP contribution in [0.2, 0.25) is 0 Å². The molecule has 0 aliphatic carbocycles. The summed E-state index contributed by atoms with van der Waals surface area (Å²) in [6.45, 7) is 6.05. The molecule has 0 atom stereocenters. The SMILES string of the molecule is Cc1nc(NC(=O)Cc2ccccc2)sc1C(=O)OCC(C)C. The molecule has 2 aromatic rings. The van der Waals surface area contributed by atoms with Crippen LogP contribution in [-0.2, 0) is 16.0 Å². The molecule has 0 bridgehead atoms. The van der Waals surface area contributed by atoms with E-state index < -0.39 is 5.97 Å². The monoisotopic (exact) mass is 332 g/mol. The van der Waals surface area contributed by atoms with Crippen molar-refractivity contribution in [3.05, 3.63) is 46.5 Å². The Kier molecular flexibility index (Phi) is 5.87. The number of hydrogen-bond donors (Lipinski definition) is 1. The number of anilines is 1. The van der Waals surface area contributed by atoms with Crippen molar-refractivity contribution in [2.24, 2.45) is 5.92 Å². The molecule has 0 radical (unpaired) electrons. The normalized spacial score (nSPS) is 10.6. The number of benzene rings is 1. The third-order valence-electron chi connectivity index (χ3n) is 2.98. The van der Waals surface area contributed by atoms with Gasteiger partial charge in [-0.25, -0.2) is 9.78 Å². The quantitative estimate of drug-likeness (QED) is 0.823. The molecule has 5 nitrogen and oxygen atoms in total. The zero-order chi connectivity index (χ0) is 16.8. The van der Waals surface area contributed by atoms with Gasteiger partial charge in [-0.15, -0.1) is 0 Å². The number of esters is 1. The van der Waals surface area contributed by atoms with Gasteiger partial charge < -0.3 is 10.1 Å². The van der Waals surface area contributed by atoms with Crippen molar-refractivity contribution in [1.82, 2.24) is 4.98 Å². The number of aryl methyl sites for hydroxylation is 1. The smallest absolute Gasteiger partial charge is 0.350 e. The first-order valence-corrected chi connectivity index (χ1v) is 8.25. The molecule has 1 amide bonds. The molecule has 0 aliphatic rings. The van der Waals surface area contributed by atoms with Gasteiger partial charge in [0.25, 0.3) is 0 Å². The second-order valence-corrected chi connectivity index (χ2v) is 6.64. The van der Waals surface area contributed by atoms with E-state index in [1.807, 2.05) is 44.2 Å². The lowest BCUT2D eigenvalue weighted by atomic mass is 10.1. The molecule has 0 unspecified atom stereocenters. The topological polar surface area (TPSA) is 68.3 Å². The standard InChI is InChI=1S/C17H20N2O3S/c1-11(2)10-22-16(21)15-12(3)18-17(23-15)19-14(20)9-13-7-5-4-6-8-13/h4-8,11H,9-10H2,1-3H3,(H,18,19,20). The highest BCUT2D eigenvalue weighted by atomic mass is 32.1. The summed E-state index contributed by atoms with van der Waals surface area (Å²) in [5.74, 6) is -0.276. The van der Waals surface area contributed by atoms with Crippen LogP contribution in [0.5, 0.6) is 0 Å². The van der Waals surface area contributed by atoms with E-state index in [2.05, 4.69) is 10.3 Å². The summed E-state index contributed by atoms with van der Waals surface area (Å²) in [6, 6.07) is 9.46. The Hall–Kier alpha value is -2.21. The lowest BCUT2D eigenvalue weighted by Crippen LogP contribution is -2.14. The summed E-state index contributed by atoms with van der Waals surface area (Å²) in [5, 5.41) is 3.15. The summed E-state index contributed by atoms with van der Waals surface area (Å²) < 4.78 is 5.20. The minimum absolute atomic E-state index is 0.160. The molecule has 1 aromatic heterocycles. The number of nitrogens with zero attached hydrogens (tertiary/aromatic N) is 1. The molecule has 0 spiro atoms. The fraction of sp³-hybridized carbons (Fsp3) is 0.353. The molecule has 0 saturated carbocycles. The molecule has 0 saturated heterocycles. The van der Waals surface area contributed by atoms with Gasteiger partial charge in [-0.3, -0.25) is 4.79 Å². The Bertz CT molecular complexity index is 680. The minimum atomic E-state index is -0.391. The van der Waals surface area contributed by atoms with Crippen LogP contribution < -0.4 is 5.32 Å². The summed E-state index contributed by atoms with van der Waals surface area (Å²) in [5.41, 5.74) is 1.49. The van der Waals surface area contributed by atoms with E-state index in [1.54, 1.807) is 6.92 Å². The Labute approximate surface area is 139 Å². The van der Waals surface area contributed by atoms with Crippen LogP contribution in [0.4, 0.5) is 5.13 Å². The maximum atomic E-state index is 12.0. The van der Waals surface area contributed by atoms with Crippen LogP contribution in [0.3, 0.4) is 0 Å². The maximum Gasteiger partial charge on any atom is 0.350 e. The number of thiazole rings is 1. The van der Waals surface area contributed by atoms with Crippen LogP contribution in [0, 0.1) is 12.8 Å². The van der Waals surface area contributed by atoms with Crippen LogP contribution in [-0.4, -0.2) is 23.5 Å². The summed E-state index contributed by atoms with van der Waals surface area (Å²) in [7, 11) is 0. The minimum Gasteiger partial charge on any atom is -0.461 e. The third kappa shape index (κ3) is 5.17. The lowest BCUT2D eigenvalue weighted by Gasteiger charge is -2.05. The van der Waals surface area contributed by atoms with Crippen molar-refractivity contribution in [2.45, 2.75) is 27.2 Å². The molecule has 1 N–H and O–H groups in total. The van der Waals surface area contributed by atoms with Crippen LogP contribution >= 0.6 is 11.3 Å². The fourth-order valence-corrected chi connectivity index (χ4v) is 2.77. The summed E-state index contributed by atoms with van der Waals surface area (Å²) in [4.78, 5) is 28.7. The zero-order valence-corrected chi connectivity index (χ0v) is 14.3. The third-order valence-corrected chi connectivity index (χ3v) is 4.04. The van der Waals surface area contributed by atoms with Gasteiger partial charge >= 0.3 is 5.97 Å². The highest BCUT2D eigenvalue weighted by Gasteiger charge is 2.18. The molecule has 23 heavy (non-hydrogen) atoms. The Morgan fingerprint density at radius 1 is 1.26 bits per heavy atom. The largest absolute Gasteiger partial charge is 0.461 e. The summed E-state index contributed by atoms with van der Waals surface area (Å²) >= 11 is 1.14. The predicted molar refractivity (Wildman–Crippen MR) is 90.7 cm³/mol. The number of aromatic nitrogens is 1. The molecule has 1 heterocycles. The molecular formula is C17H20N2O3S. The van der Waals surface area contributed by atoms with Crippen molar-refractivity contribution in [2.75, 3.05) is 11.9 Å². The van der Waals surface area contributed by atoms with Gasteiger partial charge in [0.2, 0.25) is 5.91 Å². The fourth-order valence-electron chi connectivity index (χ4n) is 1.89. The van der Waals surface area contributed by atoms with E-state index in [-0.39, 0.29) is 18.2 Å². The number of carbonyl (C=O) groups excluding carboxylic acids is 2. The molecular weight excluding hydrogens is 312 g/mol.